The van der Waals surface area contributed by atoms with Crippen molar-refractivity contribution in [2.45, 2.75) is 70.8 Å². The Balaban J connectivity index is 2.20. The average Bonchev–Trinajstić information content (AvgIpc) is 2.45. The first-order valence-electron chi connectivity index (χ1n) is 7.74. The standard InChI is InChI=1S/C15H27NO4/c1-3-15(10-6-5-7-11-15)20-14(18)16-12-8-9-13(17)19-4-2/h3-12H2,1-2H3,(H,16,18). The number of rotatable bonds is 7. The second kappa shape index (κ2) is 8.82. The van der Waals surface area contributed by atoms with Gasteiger partial charge in [0.1, 0.15) is 5.60 Å². The molecule has 5 heteroatoms. The predicted molar refractivity (Wildman–Crippen MR) is 76.5 cm³/mol. The number of hydrogen-bond donors (Lipinski definition) is 1. The molecule has 0 bridgehead atoms. The highest BCUT2D eigenvalue weighted by molar-refractivity contribution is 5.70. The molecule has 20 heavy (non-hydrogen) atoms. The van der Waals surface area contributed by atoms with E-state index in [4.69, 9.17) is 9.47 Å². The number of ether oxygens (including phenoxy) is 2. The Kier molecular flexibility index (Phi) is 7.41. The zero-order chi connectivity index (χ0) is 14.8. The van der Waals surface area contributed by atoms with Crippen LogP contribution >= 0.6 is 0 Å². The van der Waals surface area contributed by atoms with Crippen molar-refractivity contribution in [3.8, 4) is 0 Å². The van der Waals surface area contributed by atoms with E-state index in [9.17, 15) is 9.59 Å². The Hall–Kier alpha value is -1.26. The van der Waals surface area contributed by atoms with E-state index in [0.29, 0.717) is 26.0 Å². The molecular formula is C15H27NO4. The van der Waals surface area contributed by atoms with Crippen LogP contribution in [0.1, 0.15) is 65.2 Å². The molecule has 1 saturated carbocycles. The average molecular weight is 285 g/mol. The van der Waals surface area contributed by atoms with Crippen LogP contribution in [0.25, 0.3) is 0 Å². The lowest BCUT2D eigenvalue weighted by Gasteiger charge is -2.35. The summed E-state index contributed by atoms with van der Waals surface area (Å²) in [5.74, 6) is -0.222. The second-order valence-electron chi connectivity index (χ2n) is 5.32. The maximum Gasteiger partial charge on any atom is 0.407 e. The largest absolute Gasteiger partial charge is 0.466 e. The highest BCUT2D eigenvalue weighted by Crippen LogP contribution is 2.34. The number of hydrogen-bond acceptors (Lipinski definition) is 4. The third-order valence-corrected chi connectivity index (χ3v) is 3.85. The van der Waals surface area contributed by atoms with Crippen molar-refractivity contribution in [1.29, 1.82) is 0 Å². The van der Waals surface area contributed by atoms with Crippen molar-refractivity contribution in [3.05, 3.63) is 0 Å². The Labute approximate surface area is 121 Å². The number of amides is 1. The number of nitrogens with one attached hydrogen (secondary N) is 1. The summed E-state index contributed by atoms with van der Waals surface area (Å²) in [6, 6.07) is 0. The molecule has 0 aromatic rings. The highest BCUT2D eigenvalue weighted by atomic mass is 16.6. The lowest BCUT2D eigenvalue weighted by molar-refractivity contribution is -0.143. The summed E-state index contributed by atoms with van der Waals surface area (Å²) in [5.41, 5.74) is -0.274. The minimum absolute atomic E-state index is 0.222. The minimum Gasteiger partial charge on any atom is -0.466 e. The number of alkyl carbamates (subject to hydrolysis) is 1. The molecule has 0 atom stereocenters. The van der Waals surface area contributed by atoms with Crippen LogP contribution in [0.4, 0.5) is 4.79 Å². The van der Waals surface area contributed by atoms with Gasteiger partial charge in [0.15, 0.2) is 0 Å². The van der Waals surface area contributed by atoms with Crippen molar-refractivity contribution in [3.63, 3.8) is 0 Å². The fourth-order valence-electron chi connectivity index (χ4n) is 2.61. The van der Waals surface area contributed by atoms with Gasteiger partial charge in [-0.1, -0.05) is 13.3 Å². The lowest BCUT2D eigenvalue weighted by Crippen LogP contribution is -2.40. The zero-order valence-corrected chi connectivity index (χ0v) is 12.7. The Bertz CT molecular complexity index is 311. The summed E-state index contributed by atoms with van der Waals surface area (Å²) in [6.07, 6.45) is 6.81. The normalized spacial score (nSPS) is 17.3. The van der Waals surface area contributed by atoms with Gasteiger partial charge in [-0.15, -0.1) is 0 Å². The van der Waals surface area contributed by atoms with Crippen molar-refractivity contribution < 1.29 is 19.1 Å². The summed E-state index contributed by atoms with van der Waals surface area (Å²) in [7, 11) is 0. The molecule has 0 aliphatic heterocycles. The molecule has 0 spiro atoms. The molecule has 116 valence electrons. The number of carbonyl (C=O) groups excluding carboxylic acids is 2. The van der Waals surface area contributed by atoms with Crippen molar-refractivity contribution in [1.82, 2.24) is 5.32 Å². The van der Waals surface area contributed by atoms with E-state index < -0.39 is 0 Å². The van der Waals surface area contributed by atoms with Crippen molar-refractivity contribution in [2.75, 3.05) is 13.2 Å². The summed E-state index contributed by atoms with van der Waals surface area (Å²) >= 11 is 0. The quantitative estimate of drug-likeness (QED) is 0.576. The van der Waals surface area contributed by atoms with Crippen LogP contribution in [0.2, 0.25) is 0 Å². The first-order valence-corrected chi connectivity index (χ1v) is 7.74. The zero-order valence-electron chi connectivity index (χ0n) is 12.7. The molecule has 0 saturated heterocycles. The topological polar surface area (TPSA) is 64.6 Å². The maximum atomic E-state index is 11.8. The van der Waals surface area contributed by atoms with Gasteiger partial charge in [-0.05, 0) is 45.4 Å². The Morgan fingerprint density at radius 1 is 1.15 bits per heavy atom. The van der Waals surface area contributed by atoms with Crippen LogP contribution in [-0.4, -0.2) is 30.8 Å². The molecule has 1 fully saturated rings. The van der Waals surface area contributed by atoms with Crippen LogP contribution in [-0.2, 0) is 14.3 Å². The summed E-state index contributed by atoms with van der Waals surface area (Å²) < 4.78 is 10.4. The molecule has 1 rings (SSSR count). The van der Waals surface area contributed by atoms with Gasteiger partial charge < -0.3 is 14.8 Å². The molecule has 0 aromatic heterocycles. The highest BCUT2D eigenvalue weighted by Gasteiger charge is 2.33. The monoisotopic (exact) mass is 285 g/mol. The van der Waals surface area contributed by atoms with Gasteiger partial charge in [-0.3, -0.25) is 4.79 Å². The third-order valence-electron chi connectivity index (χ3n) is 3.85. The van der Waals surface area contributed by atoms with Crippen LogP contribution in [0.5, 0.6) is 0 Å². The van der Waals surface area contributed by atoms with E-state index >= 15 is 0 Å². The Morgan fingerprint density at radius 3 is 2.45 bits per heavy atom. The van der Waals surface area contributed by atoms with Crippen LogP contribution in [0.3, 0.4) is 0 Å². The summed E-state index contributed by atoms with van der Waals surface area (Å²) in [6.45, 7) is 4.69. The smallest absolute Gasteiger partial charge is 0.407 e. The third kappa shape index (κ3) is 5.80. The molecule has 1 amide bonds. The van der Waals surface area contributed by atoms with Crippen LogP contribution in [0.15, 0.2) is 0 Å². The molecule has 1 aliphatic carbocycles. The van der Waals surface area contributed by atoms with E-state index in [0.717, 1.165) is 32.1 Å². The number of esters is 1. The van der Waals surface area contributed by atoms with E-state index in [2.05, 4.69) is 12.2 Å². The van der Waals surface area contributed by atoms with Gasteiger partial charge in [0.25, 0.3) is 0 Å². The van der Waals surface area contributed by atoms with Crippen molar-refractivity contribution in [2.24, 2.45) is 0 Å². The molecule has 5 nitrogen and oxygen atoms in total. The molecule has 0 unspecified atom stereocenters. The van der Waals surface area contributed by atoms with Crippen LogP contribution in [0, 0.1) is 0 Å². The number of carbonyl (C=O) groups is 2. The van der Waals surface area contributed by atoms with Gasteiger partial charge >= 0.3 is 12.1 Å². The second-order valence-corrected chi connectivity index (χ2v) is 5.32. The van der Waals surface area contributed by atoms with Gasteiger partial charge in [0.05, 0.1) is 6.61 Å². The van der Waals surface area contributed by atoms with E-state index in [-0.39, 0.29) is 17.7 Å². The van der Waals surface area contributed by atoms with Gasteiger partial charge in [0, 0.05) is 13.0 Å². The van der Waals surface area contributed by atoms with Gasteiger partial charge in [0.2, 0.25) is 0 Å². The first kappa shape index (κ1) is 16.8. The predicted octanol–water partition coefficient (Wildman–Crippen LogP) is 3.17. The summed E-state index contributed by atoms with van der Waals surface area (Å²) in [5, 5.41) is 2.72. The van der Waals surface area contributed by atoms with Crippen molar-refractivity contribution >= 4 is 12.1 Å². The van der Waals surface area contributed by atoms with Crippen LogP contribution < -0.4 is 5.32 Å². The Morgan fingerprint density at radius 2 is 1.85 bits per heavy atom. The molecule has 1 N–H and O–H groups in total. The fourth-order valence-corrected chi connectivity index (χ4v) is 2.61. The molecule has 0 radical (unpaired) electrons. The molecular weight excluding hydrogens is 258 g/mol. The van der Waals surface area contributed by atoms with E-state index in [1.165, 1.54) is 6.42 Å². The maximum absolute atomic E-state index is 11.8. The van der Waals surface area contributed by atoms with Gasteiger partial charge in [-0.25, -0.2) is 4.79 Å². The molecule has 0 heterocycles. The van der Waals surface area contributed by atoms with Gasteiger partial charge in [-0.2, -0.15) is 0 Å². The minimum atomic E-state index is -0.363. The first-order chi connectivity index (χ1) is 9.62. The van der Waals surface area contributed by atoms with E-state index in [1.807, 2.05) is 0 Å². The fraction of sp³-hybridized carbons (Fsp3) is 0.867. The summed E-state index contributed by atoms with van der Waals surface area (Å²) in [4.78, 5) is 22.9. The molecule has 1 aliphatic rings. The molecule has 0 aromatic carbocycles. The SMILES string of the molecule is CCOC(=O)CCCNC(=O)OC1(CC)CCCCC1. The lowest BCUT2D eigenvalue weighted by atomic mass is 9.83. The van der Waals surface area contributed by atoms with E-state index in [1.54, 1.807) is 6.92 Å².